The van der Waals surface area contributed by atoms with Crippen molar-refractivity contribution in [2.45, 2.75) is 20.8 Å². The van der Waals surface area contributed by atoms with E-state index in [4.69, 9.17) is 0 Å². The van der Waals surface area contributed by atoms with Gasteiger partial charge < -0.3 is 15.1 Å². The van der Waals surface area contributed by atoms with E-state index in [1.165, 1.54) is 0 Å². The Hall–Kier alpha value is -2.18. The average Bonchev–Trinajstić information content (AvgIpc) is 2.53. The number of piperazine rings is 1. The minimum Gasteiger partial charge on any atom is -0.354 e. The number of anilines is 1. The molecule has 120 valence electrons. The first-order valence-corrected chi connectivity index (χ1v) is 7.58. The number of rotatable bonds is 4. The second-order valence-electron chi connectivity index (χ2n) is 5.87. The molecular weight excluding hydrogens is 282 g/mol. The molecule has 1 aromatic rings. The Morgan fingerprint density at radius 2 is 1.68 bits per heavy atom. The average molecular weight is 305 g/mol. The van der Waals surface area contributed by atoms with Crippen LogP contribution in [0.25, 0.3) is 0 Å². The van der Waals surface area contributed by atoms with E-state index in [0.29, 0.717) is 43.6 Å². The topological polar surface area (TPSA) is 78.4 Å². The SMILES string of the molecule is CC(=O)N1CCN(C(=O)c2cnc(NCC(C)C)nc2)CC1. The first-order chi connectivity index (χ1) is 10.5. The lowest BCUT2D eigenvalue weighted by molar-refractivity contribution is -0.130. The third kappa shape index (κ3) is 4.16. The largest absolute Gasteiger partial charge is 0.354 e. The Kier molecular flexibility index (Phi) is 5.30. The zero-order valence-electron chi connectivity index (χ0n) is 13.4. The van der Waals surface area contributed by atoms with E-state index in [1.807, 2.05) is 0 Å². The summed E-state index contributed by atoms with van der Waals surface area (Å²) < 4.78 is 0. The van der Waals surface area contributed by atoms with Gasteiger partial charge in [-0.05, 0) is 5.92 Å². The second kappa shape index (κ2) is 7.20. The van der Waals surface area contributed by atoms with E-state index in [-0.39, 0.29) is 11.8 Å². The van der Waals surface area contributed by atoms with Gasteiger partial charge in [-0.25, -0.2) is 9.97 Å². The molecule has 0 atom stereocenters. The summed E-state index contributed by atoms with van der Waals surface area (Å²) in [7, 11) is 0. The van der Waals surface area contributed by atoms with Crippen molar-refractivity contribution in [1.82, 2.24) is 19.8 Å². The molecule has 0 aromatic carbocycles. The first-order valence-electron chi connectivity index (χ1n) is 7.58. The van der Waals surface area contributed by atoms with Gasteiger partial charge in [0.2, 0.25) is 11.9 Å². The lowest BCUT2D eigenvalue weighted by atomic mass is 10.2. The predicted molar refractivity (Wildman–Crippen MR) is 83.5 cm³/mol. The van der Waals surface area contributed by atoms with Gasteiger partial charge >= 0.3 is 0 Å². The molecule has 7 nitrogen and oxygen atoms in total. The van der Waals surface area contributed by atoms with Crippen molar-refractivity contribution < 1.29 is 9.59 Å². The fourth-order valence-electron chi connectivity index (χ4n) is 2.23. The highest BCUT2D eigenvalue weighted by Crippen LogP contribution is 2.09. The fraction of sp³-hybridized carbons (Fsp3) is 0.600. The lowest BCUT2D eigenvalue weighted by Crippen LogP contribution is -2.50. The molecule has 1 fully saturated rings. The summed E-state index contributed by atoms with van der Waals surface area (Å²) in [5.41, 5.74) is 0.478. The quantitative estimate of drug-likeness (QED) is 0.892. The molecule has 1 N–H and O–H groups in total. The van der Waals surface area contributed by atoms with Gasteiger partial charge in [0.1, 0.15) is 0 Å². The highest BCUT2D eigenvalue weighted by Gasteiger charge is 2.23. The molecule has 1 saturated heterocycles. The van der Waals surface area contributed by atoms with Crippen LogP contribution in [0.4, 0.5) is 5.95 Å². The number of hydrogen-bond donors (Lipinski definition) is 1. The van der Waals surface area contributed by atoms with Crippen LogP contribution in [0.3, 0.4) is 0 Å². The Balaban J connectivity index is 1.91. The molecule has 0 saturated carbocycles. The third-order valence-electron chi connectivity index (χ3n) is 3.58. The molecule has 2 heterocycles. The highest BCUT2D eigenvalue weighted by atomic mass is 16.2. The van der Waals surface area contributed by atoms with E-state index in [9.17, 15) is 9.59 Å². The van der Waals surface area contributed by atoms with Gasteiger partial charge in [-0.1, -0.05) is 13.8 Å². The number of carbonyl (C=O) groups is 2. The monoisotopic (exact) mass is 305 g/mol. The van der Waals surface area contributed by atoms with Crippen molar-refractivity contribution >= 4 is 17.8 Å². The van der Waals surface area contributed by atoms with E-state index < -0.39 is 0 Å². The Morgan fingerprint density at radius 3 is 2.18 bits per heavy atom. The predicted octanol–water partition coefficient (Wildman–Crippen LogP) is 0.849. The van der Waals surface area contributed by atoms with Crippen molar-refractivity contribution in [2.24, 2.45) is 5.92 Å². The van der Waals surface area contributed by atoms with Crippen LogP contribution < -0.4 is 5.32 Å². The molecule has 1 aliphatic heterocycles. The maximum Gasteiger partial charge on any atom is 0.257 e. The number of nitrogens with zero attached hydrogens (tertiary/aromatic N) is 4. The Labute approximate surface area is 130 Å². The number of amides is 2. The minimum absolute atomic E-state index is 0.0519. The van der Waals surface area contributed by atoms with E-state index >= 15 is 0 Å². The smallest absolute Gasteiger partial charge is 0.257 e. The molecule has 0 spiro atoms. The standard InChI is InChI=1S/C15H23N5O2/c1-11(2)8-16-15-17-9-13(10-18-15)14(22)20-6-4-19(5-7-20)12(3)21/h9-11H,4-8H2,1-3H3,(H,16,17,18). The number of nitrogens with one attached hydrogen (secondary N) is 1. The summed E-state index contributed by atoms with van der Waals surface area (Å²) in [5.74, 6) is 1.00. The summed E-state index contributed by atoms with van der Waals surface area (Å²) in [6, 6.07) is 0. The summed E-state index contributed by atoms with van der Waals surface area (Å²) in [6.07, 6.45) is 3.10. The molecule has 0 radical (unpaired) electrons. The van der Waals surface area contributed by atoms with Gasteiger partial charge in [-0.2, -0.15) is 0 Å². The maximum absolute atomic E-state index is 12.4. The number of carbonyl (C=O) groups excluding carboxylic acids is 2. The number of hydrogen-bond acceptors (Lipinski definition) is 5. The lowest BCUT2D eigenvalue weighted by Gasteiger charge is -2.34. The molecule has 2 amide bonds. The molecule has 1 aliphatic rings. The van der Waals surface area contributed by atoms with Crippen LogP contribution in [-0.2, 0) is 4.79 Å². The molecule has 0 bridgehead atoms. The molecule has 1 aromatic heterocycles. The van der Waals surface area contributed by atoms with Crippen LogP contribution >= 0.6 is 0 Å². The van der Waals surface area contributed by atoms with Crippen LogP contribution in [0, 0.1) is 5.92 Å². The van der Waals surface area contributed by atoms with Gasteiger partial charge in [0.15, 0.2) is 0 Å². The highest BCUT2D eigenvalue weighted by molar-refractivity contribution is 5.93. The van der Waals surface area contributed by atoms with Gasteiger partial charge in [0, 0.05) is 52.0 Å². The van der Waals surface area contributed by atoms with Gasteiger partial charge in [-0.15, -0.1) is 0 Å². The summed E-state index contributed by atoms with van der Waals surface area (Å²) in [6.45, 7) is 8.80. The number of aromatic nitrogens is 2. The molecule has 22 heavy (non-hydrogen) atoms. The Bertz CT molecular complexity index is 521. The van der Waals surface area contributed by atoms with Crippen LogP contribution in [0.2, 0.25) is 0 Å². The van der Waals surface area contributed by atoms with E-state index in [0.717, 1.165) is 6.54 Å². The van der Waals surface area contributed by atoms with E-state index in [1.54, 1.807) is 29.1 Å². The van der Waals surface area contributed by atoms with Crippen LogP contribution in [-0.4, -0.2) is 64.3 Å². The molecule has 7 heteroatoms. The van der Waals surface area contributed by atoms with E-state index in [2.05, 4.69) is 29.1 Å². The fourth-order valence-corrected chi connectivity index (χ4v) is 2.23. The van der Waals surface area contributed by atoms with Crippen molar-refractivity contribution in [3.63, 3.8) is 0 Å². The molecule has 0 aliphatic carbocycles. The van der Waals surface area contributed by atoms with Crippen molar-refractivity contribution in [2.75, 3.05) is 38.0 Å². The summed E-state index contributed by atoms with van der Waals surface area (Å²) in [4.78, 5) is 35.5. The zero-order valence-corrected chi connectivity index (χ0v) is 13.4. The van der Waals surface area contributed by atoms with Gasteiger partial charge in [0.05, 0.1) is 5.56 Å². The van der Waals surface area contributed by atoms with Crippen molar-refractivity contribution in [3.05, 3.63) is 18.0 Å². The van der Waals surface area contributed by atoms with Gasteiger partial charge in [0.25, 0.3) is 5.91 Å². The zero-order chi connectivity index (χ0) is 16.1. The summed E-state index contributed by atoms with van der Waals surface area (Å²) >= 11 is 0. The Morgan fingerprint density at radius 1 is 1.14 bits per heavy atom. The molecular formula is C15H23N5O2. The maximum atomic E-state index is 12.4. The third-order valence-corrected chi connectivity index (χ3v) is 3.58. The summed E-state index contributed by atoms with van der Waals surface area (Å²) in [5, 5.41) is 3.12. The molecule has 0 unspecified atom stereocenters. The van der Waals surface area contributed by atoms with Crippen LogP contribution in [0.1, 0.15) is 31.1 Å². The van der Waals surface area contributed by atoms with Crippen molar-refractivity contribution in [1.29, 1.82) is 0 Å². The van der Waals surface area contributed by atoms with Gasteiger partial charge in [-0.3, -0.25) is 9.59 Å². The van der Waals surface area contributed by atoms with Crippen LogP contribution in [0.5, 0.6) is 0 Å². The minimum atomic E-state index is -0.0846. The van der Waals surface area contributed by atoms with Crippen LogP contribution in [0.15, 0.2) is 12.4 Å². The second-order valence-corrected chi connectivity index (χ2v) is 5.87. The first kappa shape index (κ1) is 16.2. The normalized spacial score (nSPS) is 15.1. The van der Waals surface area contributed by atoms with Crippen molar-refractivity contribution in [3.8, 4) is 0 Å². The molecule has 2 rings (SSSR count).